The molecule has 0 spiro atoms. The summed E-state index contributed by atoms with van der Waals surface area (Å²) in [5.74, 6) is 0. The lowest BCUT2D eigenvalue weighted by atomic mass is 9.92. The first kappa shape index (κ1) is 14.2. The molecule has 1 aromatic carbocycles. The Morgan fingerprint density at radius 1 is 1.29 bits per heavy atom. The van der Waals surface area contributed by atoms with Gasteiger partial charge >= 0.3 is 0 Å². The number of fused-ring (bicyclic) bond motifs is 1. The second-order valence-corrected chi connectivity index (χ2v) is 7.15. The minimum Gasteiger partial charge on any atom is -0.384 e. The summed E-state index contributed by atoms with van der Waals surface area (Å²) in [5.41, 5.74) is 5.60. The number of imidazole rings is 1. The number of hydrogen-bond donors (Lipinski definition) is 1. The number of anilines is 1. The number of nitrogens with zero attached hydrogens (tertiary/aromatic N) is 2. The molecular weight excluding hydrogens is 258 g/mol. The first-order valence-electron chi connectivity index (χ1n) is 7.91. The zero-order valence-electron chi connectivity index (χ0n) is 13.3. The molecule has 0 radical (unpaired) electrons. The lowest BCUT2D eigenvalue weighted by Crippen LogP contribution is -2.14. The molecule has 112 valence electrons. The van der Waals surface area contributed by atoms with Crippen LogP contribution in [0.3, 0.4) is 0 Å². The van der Waals surface area contributed by atoms with E-state index in [4.69, 9.17) is 0 Å². The molecule has 2 heterocycles. The molecule has 0 atom stereocenters. The van der Waals surface area contributed by atoms with Gasteiger partial charge in [-0.25, -0.2) is 4.98 Å². The Balaban J connectivity index is 1.93. The summed E-state index contributed by atoms with van der Waals surface area (Å²) in [6.45, 7) is 8.95. The molecule has 1 aromatic heterocycles. The third kappa shape index (κ3) is 3.12. The molecule has 3 heteroatoms. The van der Waals surface area contributed by atoms with Crippen LogP contribution in [0.15, 0.2) is 30.7 Å². The lowest BCUT2D eigenvalue weighted by molar-refractivity contribution is 0.351. The molecule has 0 aliphatic carbocycles. The van der Waals surface area contributed by atoms with Gasteiger partial charge < -0.3 is 9.88 Å². The van der Waals surface area contributed by atoms with Crippen LogP contribution in [0.5, 0.6) is 0 Å². The van der Waals surface area contributed by atoms with E-state index in [0.29, 0.717) is 5.41 Å². The first-order valence-corrected chi connectivity index (χ1v) is 7.91. The highest BCUT2D eigenvalue weighted by Gasteiger charge is 2.17. The predicted molar refractivity (Wildman–Crippen MR) is 88.5 cm³/mol. The van der Waals surface area contributed by atoms with Gasteiger partial charge in [0.1, 0.15) is 0 Å². The highest BCUT2D eigenvalue weighted by atomic mass is 15.0. The zero-order chi connectivity index (χ0) is 14.9. The number of rotatable bonds is 3. The summed E-state index contributed by atoms with van der Waals surface area (Å²) in [6, 6.07) is 6.62. The summed E-state index contributed by atoms with van der Waals surface area (Å²) < 4.78 is 2.29. The van der Waals surface area contributed by atoms with Crippen molar-refractivity contribution in [2.24, 2.45) is 5.41 Å². The van der Waals surface area contributed by atoms with Crippen molar-refractivity contribution in [1.29, 1.82) is 0 Å². The van der Waals surface area contributed by atoms with Crippen molar-refractivity contribution in [2.75, 3.05) is 11.9 Å². The van der Waals surface area contributed by atoms with Gasteiger partial charge in [0.2, 0.25) is 0 Å². The molecule has 3 nitrogen and oxygen atoms in total. The van der Waals surface area contributed by atoms with Gasteiger partial charge in [0.05, 0.1) is 18.2 Å². The molecule has 1 aliphatic heterocycles. The molecule has 3 rings (SSSR count). The average molecular weight is 283 g/mol. The summed E-state index contributed by atoms with van der Waals surface area (Å²) >= 11 is 0. The van der Waals surface area contributed by atoms with E-state index >= 15 is 0 Å². The van der Waals surface area contributed by atoms with Gasteiger partial charge in [-0.3, -0.25) is 0 Å². The highest BCUT2D eigenvalue weighted by molar-refractivity contribution is 5.78. The third-order valence-corrected chi connectivity index (χ3v) is 4.17. The number of para-hydroxylation sites is 1. The Bertz CT molecular complexity index is 620. The number of aromatic nitrogens is 2. The second kappa shape index (κ2) is 5.55. The molecule has 0 unspecified atom stereocenters. The van der Waals surface area contributed by atoms with Crippen LogP contribution in [0.2, 0.25) is 0 Å². The van der Waals surface area contributed by atoms with Crippen LogP contribution < -0.4 is 5.32 Å². The normalized spacial score (nSPS) is 14.6. The van der Waals surface area contributed by atoms with Crippen molar-refractivity contribution >= 4 is 5.69 Å². The van der Waals surface area contributed by atoms with E-state index in [9.17, 15) is 0 Å². The average Bonchev–Trinajstić information content (AvgIpc) is 2.92. The number of aryl methyl sites for hydroxylation is 2. The molecule has 2 aromatic rings. The van der Waals surface area contributed by atoms with Gasteiger partial charge in [0.15, 0.2) is 0 Å². The van der Waals surface area contributed by atoms with Gasteiger partial charge in [-0.2, -0.15) is 0 Å². The standard InChI is InChI=1S/C18H25N3/c1-18(2,3)9-11-21-13-19-12-16(21)15-8-4-6-14-7-5-10-20-17(14)15/h4,6,8,12-13,20H,5,7,9-11H2,1-3H3. The minimum absolute atomic E-state index is 0.343. The summed E-state index contributed by atoms with van der Waals surface area (Å²) in [4.78, 5) is 4.38. The number of benzene rings is 1. The van der Waals surface area contributed by atoms with Crippen molar-refractivity contribution < 1.29 is 0 Å². The van der Waals surface area contributed by atoms with Crippen molar-refractivity contribution in [3.05, 3.63) is 36.3 Å². The number of nitrogens with one attached hydrogen (secondary N) is 1. The van der Waals surface area contributed by atoms with Crippen molar-refractivity contribution in [3.8, 4) is 11.3 Å². The maximum atomic E-state index is 4.38. The Hall–Kier alpha value is -1.77. The van der Waals surface area contributed by atoms with Crippen LogP contribution in [0, 0.1) is 5.41 Å². The Morgan fingerprint density at radius 3 is 2.95 bits per heavy atom. The van der Waals surface area contributed by atoms with Gasteiger partial charge in [0.25, 0.3) is 0 Å². The fourth-order valence-electron chi connectivity index (χ4n) is 2.90. The van der Waals surface area contributed by atoms with Crippen molar-refractivity contribution in [3.63, 3.8) is 0 Å². The zero-order valence-corrected chi connectivity index (χ0v) is 13.3. The molecule has 21 heavy (non-hydrogen) atoms. The Labute approximate surface area is 127 Å². The Kier molecular flexibility index (Phi) is 3.75. The van der Waals surface area contributed by atoms with Gasteiger partial charge in [-0.05, 0) is 30.2 Å². The van der Waals surface area contributed by atoms with E-state index in [-0.39, 0.29) is 0 Å². The highest BCUT2D eigenvalue weighted by Crippen LogP contribution is 2.34. The second-order valence-electron chi connectivity index (χ2n) is 7.15. The van der Waals surface area contributed by atoms with E-state index in [1.54, 1.807) is 0 Å². The van der Waals surface area contributed by atoms with Crippen LogP contribution >= 0.6 is 0 Å². The smallest absolute Gasteiger partial charge is 0.0950 e. The van der Waals surface area contributed by atoms with Crippen LogP contribution in [0.4, 0.5) is 5.69 Å². The van der Waals surface area contributed by atoms with E-state index in [1.165, 1.54) is 35.3 Å². The molecule has 0 fully saturated rings. The molecular formula is C18H25N3. The quantitative estimate of drug-likeness (QED) is 0.908. The first-order chi connectivity index (χ1) is 10.0. The largest absolute Gasteiger partial charge is 0.384 e. The fourth-order valence-corrected chi connectivity index (χ4v) is 2.90. The Morgan fingerprint density at radius 2 is 2.14 bits per heavy atom. The predicted octanol–water partition coefficient (Wildman–Crippen LogP) is 4.34. The third-order valence-electron chi connectivity index (χ3n) is 4.17. The van der Waals surface area contributed by atoms with Gasteiger partial charge in [0, 0.05) is 24.3 Å². The van der Waals surface area contributed by atoms with Gasteiger partial charge in [-0.15, -0.1) is 0 Å². The maximum Gasteiger partial charge on any atom is 0.0950 e. The maximum absolute atomic E-state index is 4.38. The lowest BCUT2D eigenvalue weighted by Gasteiger charge is -2.23. The summed E-state index contributed by atoms with van der Waals surface area (Å²) in [7, 11) is 0. The molecule has 0 saturated carbocycles. The van der Waals surface area contributed by atoms with Crippen molar-refractivity contribution in [2.45, 2.75) is 46.6 Å². The van der Waals surface area contributed by atoms with Crippen LogP contribution in [0.1, 0.15) is 39.2 Å². The van der Waals surface area contributed by atoms with Gasteiger partial charge in [-0.1, -0.05) is 39.0 Å². The molecule has 0 saturated heterocycles. The van der Waals surface area contributed by atoms with Crippen LogP contribution in [0.25, 0.3) is 11.3 Å². The van der Waals surface area contributed by atoms with E-state index in [2.05, 4.69) is 53.8 Å². The molecule has 0 amide bonds. The molecule has 0 bridgehead atoms. The van der Waals surface area contributed by atoms with Crippen LogP contribution in [-0.4, -0.2) is 16.1 Å². The molecule has 1 aliphatic rings. The van der Waals surface area contributed by atoms with E-state index < -0.39 is 0 Å². The van der Waals surface area contributed by atoms with Crippen molar-refractivity contribution in [1.82, 2.24) is 9.55 Å². The monoisotopic (exact) mass is 283 g/mol. The summed E-state index contributed by atoms with van der Waals surface area (Å²) in [6.07, 6.45) is 7.50. The number of hydrogen-bond acceptors (Lipinski definition) is 2. The van der Waals surface area contributed by atoms with E-state index in [0.717, 1.165) is 19.5 Å². The topological polar surface area (TPSA) is 29.9 Å². The van der Waals surface area contributed by atoms with Crippen LogP contribution in [-0.2, 0) is 13.0 Å². The SMILES string of the molecule is CC(C)(C)CCn1cncc1-c1cccc2c1NCCC2. The molecule has 1 N–H and O–H groups in total. The minimum atomic E-state index is 0.343. The fraction of sp³-hybridized carbons (Fsp3) is 0.500. The van der Waals surface area contributed by atoms with E-state index in [1.807, 2.05) is 12.5 Å². The summed E-state index contributed by atoms with van der Waals surface area (Å²) in [5, 5.41) is 3.58.